The van der Waals surface area contributed by atoms with Gasteiger partial charge in [0.25, 0.3) is 5.91 Å². The van der Waals surface area contributed by atoms with Crippen LogP contribution >= 0.6 is 0 Å². The van der Waals surface area contributed by atoms with Crippen molar-refractivity contribution in [1.29, 1.82) is 0 Å². The van der Waals surface area contributed by atoms with Gasteiger partial charge in [0.2, 0.25) is 0 Å². The Bertz CT molecular complexity index is 883. The van der Waals surface area contributed by atoms with E-state index in [0.29, 0.717) is 11.3 Å². The molecule has 0 saturated carbocycles. The molecular formula is C24H25NO2. The summed E-state index contributed by atoms with van der Waals surface area (Å²) in [7, 11) is 0. The summed E-state index contributed by atoms with van der Waals surface area (Å²) in [5, 5.41) is 2.94. The zero-order valence-electron chi connectivity index (χ0n) is 15.9. The van der Waals surface area contributed by atoms with Gasteiger partial charge in [0, 0.05) is 11.3 Å². The molecule has 0 unspecified atom stereocenters. The highest BCUT2D eigenvalue weighted by atomic mass is 16.5. The van der Waals surface area contributed by atoms with Gasteiger partial charge in [-0.2, -0.15) is 0 Å². The van der Waals surface area contributed by atoms with E-state index in [1.807, 2.05) is 55.5 Å². The summed E-state index contributed by atoms with van der Waals surface area (Å²) in [6.07, 6.45) is 3.44. The van der Waals surface area contributed by atoms with Gasteiger partial charge in [0.05, 0.1) is 0 Å². The second kappa shape index (κ2) is 9.04. The Labute approximate surface area is 161 Å². The molecule has 0 aliphatic rings. The van der Waals surface area contributed by atoms with Crippen LogP contribution in [0.5, 0.6) is 11.5 Å². The first-order valence-electron chi connectivity index (χ1n) is 9.39. The van der Waals surface area contributed by atoms with Crippen LogP contribution in [-0.4, -0.2) is 5.91 Å². The lowest BCUT2D eigenvalue weighted by molar-refractivity contribution is 0.102. The highest BCUT2D eigenvalue weighted by Crippen LogP contribution is 2.23. The van der Waals surface area contributed by atoms with E-state index < -0.39 is 0 Å². The van der Waals surface area contributed by atoms with Crippen LogP contribution in [0.15, 0.2) is 72.8 Å². The SMILES string of the molecule is CCCCc1ccc(NC(=O)c2ccc(Oc3cccc(C)c3)cc2)cc1. The van der Waals surface area contributed by atoms with E-state index in [0.717, 1.165) is 23.4 Å². The number of ether oxygens (including phenoxy) is 1. The molecule has 0 aromatic heterocycles. The van der Waals surface area contributed by atoms with Gasteiger partial charge < -0.3 is 10.1 Å². The van der Waals surface area contributed by atoms with Crippen molar-refractivity contribution in [2.75, 3.05) is 5.32 Å². The van der Waals surface area contributed by atoms with Crippen molar-refractivity contribution in [2.45, 2.75) is 33.1 Å². The first kappa shape index (κ1) is 18.7. The normalized spacial score (nSPS) is 10.4. The van der Waals surface area contributed by atoms with Crippen molar-refractivity contribution < 1.29 is 9.53 Å². The van der Waals surface area contributed by atoms with Gasteiger partial charge in [-0.05, 0) is 79.4 Å². The summed E-state index contributed by atoms with van der Waals surface area (Å²) in [5.41, 5.74) is 3.85. The highest BCUT2D eigenvalue weighted by molar-refractivity contribution is 6.04. The van der Waals surface area contributed by atoms with Gasteiger partial charge >= 0.3 is 0 Å². The van der Waals surface area contributed by atoms with Gasteiger partial charge in [0.15, 0.2) is 0 Å². The van der Waals surface area contributed by atoms with E-state index in [4.69, 9.17) is 4.74 Å². The Morgan fingerprint density at radius 1 is 0.926 bits per heavy atom. The average molecular weight is 359 g/mol. The first-order chi connectivity index (χ1) is 13.1. The molecule has 1 N–H and O–H groups in total. The molecule has 3 nitrogen and oxygen atoms in total. The molecule has 138 valence electrons. The molecule has 3 aromatic rings. The maximum atomic E-state index is 12.4. The number of anilines is 1. The number of benzene rings is 3. The van der Waals surface area contributed by atoms with Crippen molar-refractivity contribution in [3.8, 4) is 11.5 Å². The third-order valence-corrected chi connectivity index (χ3v) is 4.37. The van der Waals surface area contributed by atoms with Crippen LogP contribution in [0.25, 0.3) is 0 Å². The zero-order chi connectivity index (χ0) is 19.1. The average Bonchev–Trinajstić information content (AvgIpc) is 2.68. The minimum Gasteiger partial charge on any atom is -0.457 e. The predicted molar refractivity (Wildman–Crippen MR) is 111 cm³/mol. The van der Waals surface area contributed by atoms with Crippen LogP contribution in [0, 0.1) is 6.92 Å². The number of hydrogen-bond acceptors (Lipinski definition) is 2. The molecule has 0 radical (unpaired) electrons. The summed E-state index contributed by atoms with van der Waals surface area (Å²) in [6.45, 7) is 4.21. The fourth-order valence-electron chi connectivity index (χ4n) is 2.83. The summed E-state index contributed by atoms with van der Waals surface area (Å²) >= 11 is 0. The monoisotopic (exact) mass is 359 g/mol. The molecule has 3 aromatic carbocycles. The van der Waals surface area contributed by atoms with Gasteiger partial charge in [0.1, 0.15) is 11.5 Å². The molecule has 0 bridgehead atoms. The number of aryl methyl sites for hydroxylation is 2. The van der Waals surface area contributed by atoms with E-state index in [1.54, 1.807) is 12.1 Å². The number of hydrogen-bond donors (Lipinski definition) is 1. The molecule has 0 heterocycles. The summed E-state index contributed by atoms with van der Waals surface area (Å²) in [5.74, 6) is 1.37. The molecule has 1 amide bonds. The predicted octanol–water partition coefficient (Wildman–Crippen LogP) is 6.38. The molecule has 0 saturated heterocycles. The zero-order valence-corrected chi connectivity index (χ0v) is 15.9. The second-order valence-corrected chi connectivity index (χ2v) is 6.70. The Hall–Kier alpha value is -3.07. The van der Waals surface area contributed by atoms with E-state index in [2.05, 4.69) is 24.4 Å². The maximum absolute atomic E-state index is 12.4. The van der Waals surface area contributed by atoms with E-state index in [9.17, 15) is 4.79 Å². The molecule has 0 spiro atoms. The van der Waals surface area contributed by atoms with Crippen molar-refractivity contribution in [2.24, 2.45) is 0 Å². The fraction of sp³-hybridized carbons (Fsp3) is 0.208. The third kappa shape index (κ3) is 5.45. The quantitative estimate of drug-likeness (QED) is 0.531. The molecular weight excluding hydrogens is 334 g/mol. The Balaban J connectivity index is 1.60. The molecule has 0 aliphatic heterocycles. The number of carbonyl (C=O) groups excluding carboxylic acids is 1. The highest BCUT2D eigenvalue weighted by Gasteiger charge is 2.07. The smallest absolute Gasteiger partial charge is 0.255 e. The lowest BCUT2D eigenvalue weighted by atomic mass is 10.1. The van der Waals surface area contributed by atoms with Crippen LogP contribution in [0.1, 0.15) is 41.3 Å². The Morgan fingerprint density at radius 3 is 2.33 bits per heavy atom. The van der Waals surface area contributed by atoms with Crippen LogP contribution in [0.3, 0.4) is 0 Å². The molecule has 3 rings (SSSR count). The first-order valence-corrected chi connectivity index (χ1v) is 9.39. The largest absolute Gasteiger partial charge is 0.457 e. The van der Waals surface area contributed by atoms with Gasteiger partial charge in [-0.3, -0.25) is 4.79 Å². The van der Waals surface area contributed by atoms with Crippen molar-refractivity contribution in [3.05, 3.63) is 89.5 Å². The van der Waals surface area contributed by atoms with Crippen molar-refractivity contribution >= 4 is 11.6 Å². The molecule has 0 atom stereocenters. The topological polar surface area (TPSA) is 38.3 Å². The van der Waals surface area contributed by atoms with Gasteiger partial charge in [-0.25, -0.2) is 0 Å². The van der Waals surface area contributed by atoms with Crippen molar-refractivity contribution in [3.63, 3.8) is 0 Å². The second-order valence-electron chi connectivity index (χ2n) is 6.70. The summed E-state index contributed by atoms with van der Waals surface area (Å²) in [4.78, 5) is 12.4. The van der Waals surface area contributed by atoms with Gasteiger partial charge in [-0.1, -0.05) is 37.6 Å². The Kier molecular flexibility index (Phi) is 6.26. The molecule has 27 heavy (non-hydrogen) atoms. The number of carbonyl (C=O) groups is 1. The summed E-state index contributed by atoms with van der Waals surface area (Å²) in [6, 6.07) is 23.1. The Morgan fingerprint density at radius 2 is 1.67 bits per heavy atom. The molecule has 0 aliphatic carbocycles. The van der Waals surface area contributed by atoms with Gasteiger partial charge in [-0.15, -0.1) is 0 Å². The molecule has 3 heteroatoms. The minimum atomic E-state index is -0.126. The van der Waals surface area contributed by atoms with Crippen LogP contribution < -0.4 is 10.1 Å². The number of amides is 1. The maximum Gasteiger partial charge on any atom is 0.255 e. The lowest BCUT2D eigenvalue weighted by Crippen LogP contribution is -2.11. The number of nitrogens with one attached hydrogen (secondary N) is 1. The lowest BCUT2D eigenvalue weighted by Gasteiger charge is -2.09. The summed E-state index contributed by atoms with van der Waals surface area (Å²) < 4.78 is 5.83. The minimum absolute atomic E-state index is 0.126. The van der Waals surface area contributed by atoms with E-state index in [1.165, 1.54) is 18.4 Å². The van der Waals surface area contributed by atoms with Crippen LogP contribution in [0.2, 0.25) is 0 Å². The van der Waals surface area contributed by atoms with E-state index in [-0.39, 0.29) is 5.91 Å². The number of rotatable bonds is 7. The molecule has 0 fully saturated rings. The number of unbranched alkanes of at least 4 members (excludes halogenated alkanes) is 1. The van der Waals surface area contributed by atoms with Crippen LogP contribution in [0.4, 0.5) is 5.69 Å². The van der Waals surface area contributed by atoms with E-state index >= 15 is 0 Å². The van der Waals surface area contributed by atoms with Crippen LogP contribution in [-0.2, 0) is 6.42 Å². The third-order valence-electron chi connectivity index (χ3n) is 4.37. The standard InChI is InChI=1S/C24H25NO2/c1-3-4-7-19-9-13-21(14-10-19)25-24(26)20-11-15-22(16-12-20)27-23-8-5-6-18(2)17-23/h5-6,8-17H,3-4,7H2,1-2H3,(H,25,26). The van der Waals surface area contributed by atoms with Crippen molar-refractivity contribution in [1.82, 2.24) is 0 Å². The fourth-order valence-corrected chi connectivity index (χ4v) is 2.83.